The quantitative estimate of drug-likeness (QED) is 0.783. The molecule has 0 atom stereocenters. The van der Waals surface area contributed by atoms with Crippen LogP contribution in [0.3, 0.4) is 0 Å². The lowest BCUT2D eigenvalue weighted by Gasteiger charge is -2.12. The zero-order valence-corrected chi connectivity index (χ0v) is 12.0. The van der Waals surface area contributed by atoms with Gasteiger partial charge in [-0.2, -0.15) is 0 Å². The van der Waals surface area contributed by atoms with Crippen molar-refractivity contribution in [1.82, 2.24) is 0 Å². The fraction of sp³-hybridized carbons (Fsp3) is 0.188. The number of Topliss-reactive ketones (excluding diaryl/α,β-unsaturated/α-hetero) is 1. The van der Waals surface area contributed by atoms with Crippen LogP contribution in [0.1, 0.15) is 21.5 Å². The highest BCUT2D eigenvalue weighted by molar-refractivity contribution is 6.30. The van der Waals surface area contributed by atoms with Crippen molar-refractivity contribution in [3.63, 3.8) is 0 Å². The van der Waals surface area contributed by atoms with Crippen LogP contribution in [-0.4, -0.2) is 12.4 Å². The molecule has 2 rings (SSSR count). The zero-order chi connectivity index (χ0) is 14.7. The predicted molar refractivity (Wildman–Crippen MR) is 77.2 cm³/mol. The molecule has 0 saturated carbocycles. The minimum atomic E-state index is -0.369. The van der Waals surface area contributed by atoms with E-state index in [9.17, 15) is 9.18 Å². The van der Waals surface area contributed by atoms with Gasteiger partial charge in [-0.05, 0) is 61.4 Å². The van der Waals surface area contributed by atoms with Gasteiger partial charge < -0.3 is 4.74 Å². The standard InChI is InChI=1S/C16H14ClFO2/c1-10-7-13(17)8-11(2)16(10)20-9-15(19)12-3-5-14(18)6-4-12/h3-8H,9H2,1-2H3. The highest BCUT2D eigenvalue weighted by atomic mass is 35.5. The van der Waals surface area contributed by atoms with Gasteiger partial charge in [0.1, 0.15) is 11.6 Å². The van der Waals surface area contributed by atoms with E-state index in [0.717, 1.165) is 11.1 Å². The van der Waals surface area contributed by atoms with Gasteiger partial charge in [-0.25, -0.2) is 4.39 Å². The van der Waals surface area contributed by atoms with Crippen LogP contribution in [0.5, 0.6) is 5.75 Å². The Morgan fingerprint density at radius 1 is 1.15 bits per heavy atom. The Kier molecular flexibility index (Phi) is 4.40. The molecule has 4 heteroatoms. The number of hydrogen-bond acceptors (Lipinski definition) is 2. The first-order valence-corrected chi connectivity index (χ1v) is 6.53. The van der Waals surface area contributed by atoms with Gasteiger partial charge in [0.15, 0.2) is 12.4 Å². The Labute approximate surface area is 122 Å². The molecule has 2 aromatic rings. The average Bonchev–Trinajstić information content (AvgIpc) is 2.38. The highest BCUT2D eigenvalue weighted by Crippen LogP contribution is 2.27. The van der Waals surface area contributed by atoms with Crippen LogP contribution in [0.2, 0.25) is 5.02 Å². The van der Waals surface area contributed by atoms with Crippen molar-refractivity contribution < 1.29 is 13.9 Å². The molecule has 0 heterocycles. The first-order chi connectivity index (χ1) is 9.47. The average molecular weight is 293 g/mol. The number of carbonyl (C=O) groups excluding carboxylic acids is 1. The first kappa shape index (κ1) is 14.5. The summed E-state index contributed by atoms with van der Waals surface area (Å²) in [5, 5.41) is 0.636. The molecule has 0 saturated heterocycles. The monoisotopic (exact) mass is 292 g/mol. The molecule has 0 aliphatic carbocycles. The van der Waals surface area contributed by atoms with Gasteiger partial charge in [0.2, 0.25) is 0 Å². The van der Waals surface area contributed by atoms with Crippen LogP contribution in [-0.2, 0) is 0 Å². The number of halogens is 2. The minimum Gasteiger partial charge on any atom is -0.485 e. The molecule has 2 nitrogen and oxygen atoms in total. The van der Waals surface area contributed by atoms with Crippen molar-refractivity contribution in [1.29, 1.82) is 0 Å². The second kappa shape index (κ2) is 6.06. The molecule has 20 heavy (non-hydrogen) atoms. The third-order valence-corrected chi connectivity index (χ3v) is 3.16. The Bertz CT molecular complexity index is 612. The van der Waals surface area contributed by atoms with Gasteiger partial charge in [-0.1, -0.05) is 11.6 Å². The zero-order valence-electron chi connectivity index (χ0n) is 11.2. The number of ketones is 1. The smallest absolute Gasteiger partial charge is 0.200 e. The number of benzene rings is 2. The molecule has 0 bridgehead atoms. The lowest BCUT2D eigenvalue weighted by Crippen LogP contribution is -2.12. The largest absolute Gasteiger partial charge is 0.485 e. The molecular formula is C16H14ClFO2. The first-order valence-electron chi connectivity index (χ1n) is 6.15. The maximum absolute atomic E-state index is 12.8. The second-order valence-corrected chi connectivity index (χ2v) is 5.02. The maximum atomic E-state index is 12.8. The van der Waals surface area contributed by atoms with Gasteiger partial charge >= 0.3 is 0 Å². The summed E-state index contributed by atoms with van der Waals surface area (Å²) in [7, 11) is 0. The van der Waals surface area contributed by atoms with Crippen molar-refractivity contribution in [2.24, 2.45) is 0 Å². The molecule has 0 spiro atoms. The van der Waals surface area contributed by atoms with Crippen LogP contribution >= 0.6 is 11.6 Å². The third kappa shape index (κ3) is 3.36. The Hall–Kier alpha value is -1.87. The minimum absolute atomic E-state index is 0.0883. The molecule has 0 amide bonds. The molecule has 0 unspecified atom stereocenters. The van der Waals surface area contributed by atoms with Crippen molar-refractivity contribution in [2.45, 2.75) is 13.8 Å². The van der Waals surface area contributed by atoms with Gasteiger partial charge in [-0.15, -0.1) is 0 Å². The van der Waals surface area contributed by atoms with Crippen LogP contribution in [0, 0.1) is 19.7 Å². The fourth-order valence-corrected chi connectivity index (χ4v) is 2.31. The number of carbonyl (C=O) groups is 1. The van der Waals surface area contributed by atoms with Gasteiger partial charge in [0, 0.05) is 10.6 Å². The molecular weight excluding hydrogens is 279 g/mol. The maximum Gasteiger partial charge on any atom is 0.200 e. The fourth-order valence-electron chi connectivity index (χ4n) is 1.98. The van der Waals surface area contributed by atoms with E-state index in [4.69, 9.17) is 16.3 Å². The number of ether oxygens (including phenoxy) is 1. The molecule has 0 N–H and O–H groups in total. The third-order valence-electron chi connectivity index (χ3n) is 2.94. The summed E-state index contributed by atoms with van der Waals surface area (Å²) in [6, 6.07) is 8.97. The Morgan fingerprint density at radius 3 is 2.25 bits per heavy atom. The molecule has 0 aliphatic heterocycles. The molecule has 0 aromatic heterocycles. The van der Waals surface area contributed by atoms with Crippen LogP contribution in [0.15, 0.2) is 36.4 Å². The van der Waals surface area contributed by atoms with Crippen LogP contribution in [0.25, 0.3) is 0 Å². The Morgan fingerprint density at radius 2 is 1.70 bits per heavy atom. The SMILES string of the molecule is Cc1cc(Cl)cc(C)c1OCC(=O)c1ccc(F)cc1. The van der Waals surface area contributed by atoms with E-state index in [2.05, 4.69) is 0 Å². The molecule has 0 radical (unpaired) electrons. The summed E-state index contributed by atoms with van der Waals surface area (Å²) in [6.45, 7) is 3.65. The normalized spacial score (nSPS) is 10.4. The second-order valence-electron chi connectivity index (χ2n) is 4.59. The summed E-state index contributed by atoms with van der Waals surface area (Å²) in [6.07, 6.45) is 0. The summed E-state index contributed by atoms with van der Waals surface area (Å²) in [4.78, 5) is 11.9. The lowest BCUT2D eigenvalue weighted by atomic mass is 10.1. The summed E-state index contributed by atoms with van der Waals surface area (Å²) < 4.78 is 18.4. The van der Waals surface area contributed by atoms with Crippen molar-refractivity contribution in [2.75, 3.05) is 6.61 Å². The molecule has 0 aliphatic rings. The topological polar surface area (TPSA) is 26.3 Å². The van der Waals surface area contributed by atoms with E-state index >= 15 is 0 Å². The van der Waals surface area contributed by atoms with Crippen molar-refractivity contribution >= 4 is 17.4 Å². The number of aryl methyl sites for hydroxylation is 2. The van der Waals surface area contributed by atoms with E-state index in [0.29, 0.717) is 16.3 Å². The Balaban J connectivity index is 2.09. The van der Waals surface area contributed by atoms with Crippen molar-refractivity contribution in [3.05, 3.63) is 63.9 Å². The summed E-state index contributed by atoms with van der Waals surface area (Å²) in [5.41, 5.74) is 2.18. The molecule has 0 fully saturated rings. The summed E-state index contributed by atoms with van der Waals surface area (Å²) in [5.74, 6) is 0.0930. The van der Waals surface area contributed by atoms with Crippen molar-refractivity contribution in [3.8, 4) is 5.75 Å². The van der Waals surface area contributed by atoms with E-state index in [1.54, 1.807) is 12.1 Å². The number of hydrogen-bond donors (Lipinski definition) is 0. The number of rotatable bonds is 4. The predicted octanol–water partition coefficient (Wildman–Crippen LogP) is 4.36. The van der Waals surface area contributed by atoms with Gasteiger partial charge in [0.05, 0.1) is 0 Å². The summed E-state index contributed by atoms with van der Waals surface area (Å²) >= 11 is 5.94. The molecule has 104 valence electrons. The van der Waals surface area contributed by atoms with Gasteiger partial charge in [0.25, 0.3) is 0 Å². The van der Waals surface area contributed by atoms with E-state index in [1.165, 1.54) is 24.3 Å². The van der Waals surface area contributed by atoms with Gasteiger partial charge in [-0.3, -0.25) is 4.79 Å². The molecule has 2 aromatic carbocycles. The van der Waals surface area contributed by atoms with E-state index < -0.39 is 0 Å². The van der Waals surface area contributed by atoms with E-state index in [-0.39, 0.29) is 18.2 Å². The van der Waals surface area contributed by atoms with Crippen LogP contribution < -0.4 is 4.74 Å². The highest BCUT2D eigenvalue weighted by Gasteiger charge is 2.10. The van der Waals surface area contributed by atoms with E-state index in [1.807, 2.05) is 13.8 Å². The van der Waals surface area contributed by atoms with Crippen LogP contribution in [0.4, 0.5) is 4.39 Å². The lowest BCUT2D eigenvalue weighted by molar-refractivity contribution is 0.0920.